The fourth-order valence-electron chi connectivity index (χ4n) is 2.08. The summed E-state index contributed by atoms with van der Waals surface area (Å²) in [6.07, 6.45) is 10.2. The van der Waals surface area contributed by atoms with E-state index >= 15 is 0 Å². The first-order valence-corrected chi connectivity index (χ1v) is 6.46. The third-order valence-corrected chi connectivity index (χ3v) is 3.21. The van der Waals surface area contributed by atoms with Gasteiger partial charge in [-0.05, 0) is 38.2 Å². The fourth-order valence-corrected chi connectivity index (χ4v) is 2.24. The van der Waals surface area contributed by atoms with Crippen LogP contribution in [0.15, 0.2) is 23.9 Å². The molecule has 92 valence electrons. The molecule has 3 N–H and O–H groups in total. The monoisotopic (exact) mass is 251 g/mol. The second-order valence-corrected chi connectivity index (χ2v) is 4.81. The lowest BCUT2D eigenvalue weighted by Gasteiger charge is -2.13. The van der Waals surface area contributed by atoms with Crippen molar-refractivity contribution in [2.75, 3.05) is 17.6 Å². The number of aromatic nitrogens is 1. The Morgan fingerprint density at radius 1 is 1.41 bits per heavy atom. The van der Waals surface area contributed by atoms with Crippen LogP contribution in [-0.4, -0.2) is 11.5 Å². The van der Waals surface area contributed by atoms with E-state index in [0.717, 1.165) is 18.8 Å². The van der Waals surface area contributed by atoms with Crippen molar-refractivity contribution in [3.05, 3.63) is 28.9 Å². The quantitative estimate of drug-likeness (QED) is 0.804. The molecule has 0 atom stereocenters. The SMILES string of the molecule is Nc1cc(Cl)cnc1NCCC1=CCCCC1. The van der Waals surface area contributed by atoms with Crippen LogP contribution in [0, 0.1) is 0 Å². The molecule has 0 radical (unpaired) electrons. The van der Waals surface area contributed by atoms with Gasteiger partial charge in [0.1, 0.15) is 5.82 Å². The molecule has 0 aromatic carbocycles. The van der Waals surface area contributed by atoms with E-state index in [1.807, 2.05) is 0 Å². The van der Waals surface area contributed by atoms with E-state index in [1.54, 1.807) is 17.8 Å². The summed E-state index contributed by atoms with van der Waals surface area (Å²) in [5.41, 5.74) is 7.98. The molecular formula is C13H18ClN3. The lowest BCUT2D eigenvalue weighted by Crippen LogP contribution is -2.07. The normalized spacial score (nSPS) is 15.5. The minimum absolute atomic E-state index is 0.572. The molecule has 4 heteroatoms. The lowest BCUT2D eigenvalue weighted by molar-refractivity contribution is 0.679. The van der Waals surface area contributed by atoms with Gasteiger partial charge in [-0.1, -0.05) is 23.3 Å². The van der Waals surface area contributed by atoms with Gasteiger partial charge < -0.3 is 11.1 Å². The van der Waals surface area contributed by atoms with Gasteiger partial charge in [0.05, 0.1) is 10.7 Å². The number of nitrogens with one attached hydrogen (secondary N) is 1. The molecule has 1 aliphatic rings. The van der Waals surface area contributed by atoms with Crippen molar-refractivity contribution >= 4 is 23.1 Å². The van der Waals surface area contributed by atoms with Crippen molar-refractivity contribution in [1.82, 2.24) is 4.98 Å². The smallest absolute Gasteiger partial charge is 0.149 e. The van der Waals surface area contributed by atoms with E-state index in [4.69, 9.17) is 17.3 Å². The van der Waals surface area contributed by atoms with Crippen molar-refractivity contribution in [2.24, 2.45) is 0 Å². The van der Waals surface area contributed by atoms with Crippen LogP contribution in [0.5, 0.6) is 0 Å². The van der Waals surface area contributed by atoms with Gasteiger partial charge in [0, 0.05) is 12.7 Å². The number of hydrogen-bond donors (Lipinski definition) is 2. The molecule has 2 rings (SSSR count). The molecule has 0 spiro atoms. The molecule has 0 saturated heterocycles. The van der Waals surface area contributed by atoms with Crippen LogP contribution in [0.2, 0.25) is 5.02 Å². The van der Waals surface area contributed by atoms with E-state index in [-0.39, 0.29) is 0 Å². The first kappa shape index (κ1) is 12.2. The van der Waals surface area contributed by atoms with Gasteiger partial charge in [0.15, 0.2) is 0 Å². The minimum atomic E-state index is 0.572. The fraction of sp³-hybridized carbons (Fsp3) is 0.462. The second-order valence-electron chi connectivity index (χ2n) is 4.38. The predicted molar refractivity (Wildman–Crippen MR) is 73.3 cm³/mol. The van der Waals surface area contributed by atoms with Gasteiger partial charge in [-0.15, -0.1) is 0 Å². The van der Waals surface area contributed by atoms with Crippen molar-refractivity contribution in [1.29, 1.82) is 0 Å². The van der Waals surface area contributed by atoms with Gasteiger partial charge in [0.2, 0.25) is 0 Å². The zero-order valence-corrected chi connectivity index (χ0v) is 10.6. The number of nitrogen functional groups attached to an aromatic ring is 1. The first-order valence-electron chi connectivity index (χ1n) is 6.08. The van der Waals surface area contributed by atoms with Crippen LogP contribution >= 0.6 is 11.6 Å². The van der Waals surface area contributed by atoms with E-state index < -0.39 is 0 Å². The highest BCUT2D eigenvalue weighted by Gasteiger charge is 2.04. The Hall–Kier alpha value is -1.22. The average molecular weight is 252 g/mol. The van der Waals surface area contributed by atoms with Gasteiger partial charge in [-0.3, -0.25) is 0 Å². The molecule has 1 aromatic rings. The van der Waals surface area contributed by atoms with Crippen molar-refractivity contribution in [2.45, 2.75) is 32.1 Å². The molecule has 3 nitrogen and oxygen atoms in total. The first-order chi connectivity index (χ1) is 8.25. The molecule has 1 heterocycles. The van der Waals surface area contributed by atoms with Crippen molar-refractivity contribution in [3.63, 3.8) is 0 Å². The second kappa shape index (κ2) is 5.92. The average Bonchev–Trinajstić information content (AvgIpc) is 2.33. The summed E-state index contributed by atoms with van der Waals surface area (Å²) < 4.78 is 0. The Bertz CT molecular complexity index is 415. The molecule has 0 saturated carbocycles. The number of nitrogens with two attached hydrogens (primary N) is 1. The van der Waals surface area contributed by atoms with Crippen LogP contribution in [0.25, 0.3) is 0 Å². The predicted octanol–water partition coefficient (Wildman–Crippen LogP) is 3.62. The Balaban J connectivity index is 1.83. The van der Waals surface area contributed by atoms with E-state index in [9.17, 15) is 0 Å². The van der Waals surface area contributed by atoms with Crippen molar-refractivity contribution < 1.29 is 0 Å². The molecule has 17 heavy (non-hydrogen) atoms. The standard InChI is InChI=1S/C13H18ClN3/c14-11-8-12(15)13(17-9-11)16-7-6-10-4-2-1-3-5-10/h4,8-9H,1-3,5-7,15H2,(H,16,17). The number of rotatable bonds is 4. The van der Waals surface area contributed by atoms with E-state index in [0.29, 0.717) is 10.7 Å². The zero-order chi connectivity index (χ0) is 12.1. The van der Waals surface area contributed by atoms with Crippen LogP contribution in [0.3, 0.4) is 0 Å². The molecule has 0 bridgehead atoms. The summed E-state index contributed by atoms with van der Waals surface area (Å²) in [5, 5.41) is 3.82. The van der Waals surface area contributed by atoms with E-state index in [1.165, 1.54) is 25.7 Å². The number of hydrogen-bond acceptors (Lipinski definition) is 3. The van der Waals surface area contributed by atoms with Gasteiger partial charge in [-0.2, -0.15) is 0 Å². The van der Waals surface area contributed by atoms with Gasteiger partial charge in [-0.25, -0.2) is 4.98 Å². The largest absolute Gasteiger partial charge is 0.396 e. The van der Waals surface area contributed by atoms with Gasteiger partial charge >= 0.3 is 0 Å². The van der Waals surface area contributed by atoms with Gasteiger partial charge in [0.25, 0.3) is 0 Å². The highest BCUT2D eigenvalue weighted by atomic mass is 35.5. The summed E-state index contributed by atoms with van der Waals surface area (Å²) >= 11 is 5.79. The Morgan fingerprint density at radius 2 is 2.29 bits per heavy atom. The Kier molecular flexibility index (Phi) is 4.26. The summed E-state index contributed by atoms with van der Waals surface area (Å²) in [4.78, 5) is 4.17. The van der Waals surface area contributed by atoms with Crippen LogP contribution < -0.4 is 11.1 Å². The number of allylic oxidation sites excluding steroid dienone is 1. The topological polar surface area (TPSA) is 50.9 Å². The highest BCUT2D eigenvalue weighted by Crippen LogP contribution is 2.22. The van der Waals surface area contributed by atoms with Crippen molar-refractivity contribution in [3.8, 4) is 0 Å². The minimum Gasteiger partial charge on any atom is -0.396 e. The third kappa shape index (κ3) is 3.63. The molecule has 1 aromatic heterocycles. The number of anilines is 2. The Morgan fingerprint density at radius 3 is 3.00 bits per heavy atom. The summed E-state index contributed by atoms with van der Waals surface area (Å²) in [7, 11) is 0. The lowest BCUT2D eigenvalue weighted by atomic mass is 9.97. The third-order valence-electron chi connectivity index (χ3n) is 3.01. The summed E-state index contributed by atoms with van der Waals surface area (Å²) in [6.45, 7) is 0.880. The molecule has 0 fully saturated rings. The number of nitrogens with zero attached hydrogens (tertiary/aromatic N) is 1. The van der Waals surface area contributed by atoms with Crippen LogP contribution in [0.1, 0.15) is 32.1 Å². The molecule has 0 amide bonds. The molecule has 0 aliphatic heterocycles. The maximum absolute atomic E-state index is 5.82. The summed E-state index contributed by atoms with van der Waals surface area (Å²) in [5.74, 6) is 0.728. The van der Waals surface area contributed by atoms with E-state index in [2.05, 4.69) is 16.4 Å². The molecular weight excluding hydrogens is 234 g/mol. The molecule has 0 unspecified atom stereocenters. The Labute approximate surface area is 107 Å². The maximum atomic E-state index is 5.82. The summed E-state index contributed by atoms with van der Waals surface area (Å²) in [6, 6.07) is 1.72. The zero-order valence-electron chi connectivity index (χ0n) is 9.88. The number of halogens is 1. The number of pyridine rings is 1. The molecule has 1 aliphatic carbocycles. The van der Waals surface area contributed by atoms with Crippen LogP contribution in [0.4, 0.5) is 11.5 Å². The van der Waals surface area contributed by atoms with Crippen LogP contribution in [-0.2, 0) is 0 Å². The maximum Gasteiger partial charge on any atom is 0.149 e. The highest BCUT2D eigenvalue weighted by molar-refractivity contribution is 6.30.